The predicted molar refractivity (Wildman–Crippen MR) is 71.7 cm³/mol. The van der Waals surface area contributed by atoms with E-state index in [1.807, 2.05) is 18.2 Å². The van der Waals surface area contributed by atoms with Crippen molar-refractivity contribution in [3.8, 4) is 5.75 Å². The van der Waals surface area contributed by atoms with Gasteiger partial charge in [-0.3, -0.25) is 0 Å². The van der Waals surface area contributed by atoms with Crippen molar-refractivity contribution in [1.29, 1.82) is 0 Å². The molecule has 1 unspecified atom stereocenters. The summed E-state index contributed by atoms with van der Waals surface area (Å²) in [6, 6.07) is 5.84. The number of rotatable bonds is 1. The lowest BCUT2D eigenvalue weighted by atomic mass is 9.87. The quantitative estimate of drug-likeness (QED) is 0.866. The minimum Gasteiger partial charge on any atom is -0.490 e. The van der Waals surface area contributed by atoms with E-state index in [1.165, 1.54) is 0 Å². The maximum atomic E-state index is 10.3. The molecule has 0 bridgehead atoms. The molecule has 1 fully saturated rings. The van der Waals surface area contributed by atoms with Gasteiger partial charge in [-0.05, 0) is 31.0 Å². The highest BCUT2D eigenvalue weighted by Crippen LogP contribution is 2.39. The predicted octanol–water partition coefficient (Wildman–Crippen LogP) is 3.06. The Morgan fingerprint density at radius 2 is 2.00 bits per heavy atom. The fourth-order valence-corrected chi connectivity index (χ4v) is 3.20. The summed E-state index contributed by atoms with van der Waals surface area (Å²) in [5.74, 6) is 1.33. The Morgan fingerprint density at radius 3 is 2.78 bits per heavy atom. The second-order valence-electron chi connectivity index (χ2n) is 5.04. The molecule has 1 saturated heterocycles. The van der Waals surface area contributed by atoms with Gasteiger partial charge in [0.2, 0.25) is 0 Å². The zero-order chi connectivity index (χ0) is 12.5. The summed E-state index contributed by atoms with van der Waals surface area (Å²) in [5, 5.41) is 10.3. The Balaban J connectivity index is 1.80. The van der Waals surface area contributed by atoms with Crippen LogP contribution in [0.2, 0.25) is 0 Å². The van der Waals surface area contributed by atoms with Crippen LogP contribution in [0.4, 0.5) is 0 Å². The van der Waals surface area contributed by atoms with E-state index in [-0.39, 0.29) is 6.10 Å². The molecule has 98 valence electrons. The largest absolute Gasteiger partial charge is 0.490 e. The number of ether oxygens (including phenoxy) is 2. The topological polar surface area (TPSA) is 38.7 Å². The van der Waals surface area contributed by atoms with E-state index in [4.69, 9.17) is 9.47 Å². The lowest BCUT2D eigenvalue weighted by Crippen LogP contribution is -2.36. The van der Waals surface area contributed by atoms with E-state index in [9.17, 15) is 5.11 Å². The molecule has 1 aromatic rings. The zero-order valence-corrected chi connectivity index (χ0v) is 11.7. The van der Waals surface area contributed by atoms with Crippen LogP contribution in [0.5, 0.6) is 5.75 Å². The van der Waals surface area contributed by atoms with Gasteiger partial charge in [-0.2, -0.15) is 0 Å². The summed E-state index contributed by atoms with van der Waals surface area (Å²) in [6.07, 6.45) is 2.46. The van der Waals surface area contributed by atoms with Crippen LogP contribution in [0.15, 0.2) is 22.7 Å². The minimum absolute atomic E-state index is 0.123. The summed E-state index contributed by atoms with van der Waals surface area (Å²) in [5.41, 5.74) is 0.896. The molecule has 1 N–H and O–H groups in total. The standard InChI is InChI=1S/C14H17BrO3/c15-10-1-2-13-11(7-10)12(16)8-14(18-13)9-3-5-17-6-4-9/h1-2,7,9,12,14,16H,3-6,8H2/t12-,14?/m1/s1. The fraction of sp³-hybridized carbons (Fsp3) is 0.571. The average molecular weight is 313 g/mol. The van der Waals surface area contributed by atoms with Crippen LogP contribution in [-0.4, -0.2) is 24.4 Å². The van der Waals surface area contributed by atoms with Gasteiger partial charge in [-0.1, -0.05) is 15.9 Å². The fourth-order valence-electron chi connectivity index (χ4n) is 2.82. The minimum atomic E-state index is -0.418. The maximum absolute atomic E-state index is 10.3. The van der Waals surface area contributed by atoms with Crippen LogP contribution in [-0.2, 0) is 4.74 Å². The molecule has 0 saturated carbocycles. The summed E-state index contributed by atoms with van der Waals surface area (Å²) in [4.78, 5) is 0. The van der Waals surface area contributed by atoms with Crippen molar-refractivity contribution in [2.45, 2.75) is 31.5 Å². The number of benzene rings is 1. The van der Waals surface area contributed by atoms with E-state index in [1.54, 1.807) is 0 Å². The molecular weight excluding hydrogens is 296 g/mol. The van der Waals surface area contributed by atoms with Crippen LogP contribution >= 0.6 is 15.9 Å². The van der Waals surface area contributed by atoms with E-state index < -0.39 is 6.10 Å². The number of hydrogen-bond acceptors (Lipinski definition) is 3. The molecule has 4 heteroatoms. The number of aliphatic hydroxyl groups is 1. The van der Waals surface area contributed by atoms with Crippen molar-refractivity contribution in [3.63, 3.8) is 0 Å². The van der Waals surface area contributed by atoms with Crippen molar-refractivity contribution < 1.29 is 14.6 Å². The monoisotopic (exact) mass is 312 g/mol. The van der Waals surface area contributed by atoms with Gasteiger partial charge in [-0.15, -0.1) is 0 Å². The molecule has 0 radical (unpaired) electrons. The van der Waals surface area contributed by atoms with Crippen LogP contribution < -0.4 is 4.74 Å². The molecule has 2 heterocycles. The van der Waals surface area contributed by atoms with Gasteiger partial charge in [0, 0.05) is 35.6 Å². The molecule has 2 aliphatic rings. The Kier molecular flexibility index (Phi) is 3.59. The van der Waals surface area contributed by atoms with Gasteiger partial charge in [0.25, 0.3) is 0 Å². The molecular formula is C14H17BrO3. The molecule has 1 aromatic carbocycles. The van der Waals surface area contributed by atoms with Gasteiger partial charge in [0.15, 0.2) is 0 Å². The molecule has 3 rings (SSSR count). The Labute approximate surface area is 115 Å². The zero-order valence-electron chi connectivity index (χ0n) is 10.1. The normalized spacial score (nSPS) is 28.6. The van der Waals surface area contributed by atoms with Crippen molar-refractivity contribution in [2.24, 2.45) is 5.92 Å². The van der Waals surface area contributed by atoms with Gasteiger partial charge < -0.3 is 14.6 Å². The third-order valence-corrected chi connectivity index (χ3v) is 4.35. The van der Waals surface area contributed by atoms with E-state index >= 15 is 0 Å². The van der Waals surface area contributed by atoms with Gasteiger partial charge in [-0.25, -0.2) is 0 Å². The van der Waals surface area contributed by atoms with E-state index in [0.717, 1.165) is 41.8 Å². The second kappa shape index (κ2) is 5.19. The highest BCUT2D eigenvalue weighted by Gasteiger charge is 2.33. The third kappa shape index (κ3) is 2.42. The average Bonchev–Trinajstić information content (AvgIpc) is 2.40. The Hall–Kier alpha value is -0.580. The van der Waals surface area contributed by atoms with Gasteiger partial charge in [0.1, 0.15) is 11.9 Å². The second-order valence-corrected chi connectivity index (χ2v) is 5.96. The lowest BCUT2D eigenvalue weighted by molar-refractivity contribution is -0.0150. The molecule has 0 aliphatic carbocycles. The molecule has 0 spiro atoms. The molecule has 3 nitrogen and oxygen atoms in total. The lowest BCUT2D eigenvalue weighted by Gasteiger charge is -2.36. The first kappa shape index (κ1) is 12.5. The first-order valence-electron chi connectivity index (χ1n) is 6.46. The van der Waals surface area contributed by atoms with Gasteiger partial charge >= 0.3 is 0 Å². The Bertz CT molecular complexity index is 429. The molecule has 0 amide bonds. The van der Waals surface area contributed by atoms with E-state index in [2.05, 4.69) is 15.9 Å². The summed E-state index contributed by atoms with van der Waals surface area (Å²) in [7, 11) is 0. The first-order chi connectivity index (χ1) is 8.74. The summed E-state index contributed by atoms with van der Waals surface area (Å²) >= 11 is 3.43. The smallest absolute Gasteiger partial charge is 0.125 e. The molecule has 2 atom stereocenters. The highest BCUT2D eigenvalue weighted by atomic mass is 79.9. The molecule has 18 heavy (non-hydrogen) atoms. The van der Waals surface area contributed by atoms with Crippen molar-refractivity contribution >= 4 is 15.9 Å². The van der Waals surface area contributed by atoms with Crippen molar-refractivity contribution in [2.75, 3.05) is 13.2 Å². The molecule has 0 aromatic heterocycles. The number of fused-ring (bicyclic) bond motifs is 1. The summed E-state index contributed by atoms with van der Waals surface area (Å²) < 4.78 is 12.4. The van der Waals surface area contributed by atoms with Crippen molar-refractivity contribution in [1.82, 2.24) is 0 Å². The van der Waals surface area contributed by atoms with Crippen LogP contribution in [0.1, 0.15) is 30.9 Å². The van der Waals surface area contributed by atoms with Gasteiger partial charge in [0.05, 0.1) is 6.10 Å². The number of hydrogen-bond donors (Lipinski definition) is 1. The number of halogens is 1. The highest BCUT2D eigenvalue weighted by molar-refractivity contribution is 9.10. The third-order valence-electron chi connectivity index (χ3n) is 3.86. The molecule has 2 aliphatic heterocycles. The maximum Gasteiger partial charge on any atom is 0.125 e. The van der Waals surface area contributed by atoms with Crippen molar-refractivity contribution in [3.05, 3.63) is 28.2 Å². The van der Waals surface area contributed by atoms with E-state index in [0.29, 0.717) is 12.3 Å². The van der Waals surface area contributed by atoms with Crippen LogP contribution in [0.3, 0.4) is 0 Å². The van der Waals surface area contributed by atoms with Crippen LogP contribution in [0, 0.1) is 5.92 Å². The first-order valence-corrected chi connectivity index (χ1v) is 7.25. The van der Waals surface area contributed by atoms with Crippen LogP contribution in [0.25, 0.3) is 0 Å². The Morgan fingerprint density at radius 1 is 1.22 bits per heavy atom. The summed E-state index contributed by atoms with van der Waals surface area (Å²) in [6.45, 7) is 1.63. The SMILES string of the molecule is O[C@@H]1CC(C2CCOCC2)Oc2ccc(Br)cc21. The number of aliphatic hydroxyl groups excluding tert-OH is 1.